The second-order valence-electron chi connectivity index (χ2n) is 9.14. The van der Waals surface area contributed by atoms with E-state index in [0.29, 0.717) is 16.8 Å². The molecule has 0 aliphatic rings. The molecule has 0 aliphatic heterocycles. The van der Waals surface area contributed by atoms with Crippen LogP contribution in [0.1, 0.15) is 48.1 Å². The van der Waals surface area contributed by atoms with Crippen molar-refractivity contribution < 1.29 is 32.2 Å². The number of nitrogens with zero attached hydrogens (tertiary/aromatic N) is 3. The summed E-state index contributed by atoms with van der Waals surface area (Å²) in [4.78, 5) is 23.6. The molecule has 1 heterocycles. The van der Waals surface area contributed by atoms with Crippen LogP contribution in [-0.2, 0) is 27.7 Å². The van der Waals surface area contributed by atoms with Gasteiger partial charge < -0.3 is 15.2 Å². The number of carboxylic acids is 1. The van der Waals surface area contributed by atoms with E-state index >= 15 is 0 Å². The quantitative estimate of drug-likeness (QED) is 0.491. The predicted octanol–water partition coefficient (Wildman–Crippen LogP) is 3.76. The van der Waals surface area contributed by atoms with Gasteiger partial charge in [0.15, 0.2) is 5.69 Å². The highest BCUT2D eigenvalue weighted by Crippen LogP contribution is 2.27. The molecule has 0 saturated heterocycles. The molecule has 13 heteroatoms. The number of ether oxygens (including phenoxy) is 1. The van der Waals surface area contributed by atoms with Gasteiger partial charge in [-0.25, -0.2) is 26.7 Å². The van der Waals surface area contributed by atoms with Crippen LogP contribution in [0.15, 0.2) is 35.0 Å². The van der Waals surface area contributed by atoms with Gasteiger partial charge in [0.2, 0.25) is 10.0 Å². The van der Waals surface area contributed by atoms with Crippen molar-refractivity contribution >= 4 is 33.7 Å². The van der Waals surface area contributed by atoms with Crippen LogP contribution in [-0.4, -0.2) is 65.9 Å². The second-order valence-corrected chi connectivity index (χ2v) is 11.7. The fraction of sp³-hybridized carbons (Fsp3) is 0.435. The van der Waals surface area contributed by atoms with E-state index in [-0.39, 0.29) is 28.6 Å². The zero-order valence-electron chi connectivity index (χ0n) is 20.9. The van der Waals surface area contributed by atoms with Crippen LogP contribution in [0.5, 0.6) is 0 Å². The van der Waals surface area contributed by atoms with Gasteiger partial charge in [0, 0.05) is 32.6 Å². The first-order valence-corrected chi connectivity index (χ1v) is 12.7. The van der Waals surface area contributed by atoms with E-state index in [0.717, 1.165) is 15.1 Å². The molecule has 36 heavy (non-hydrogen) atoms. The monoisotopic (exact) mass is 544 g/mol. The molecular weight excluding hydrogens is 515 g/mol. The zero-order chi connectivity index (χ0) is 27.4. The van der Waals surface area contributed by atoms with Gasteiger partial charge in [-0.2, -0.15) is 5.10 Å². The van der Waals surface area contributed by atoms with Crippen LogP contribution in [0, 0.1) is 6.92 Å². The topological polar surface area (TPSA) is 131 Å². The van der Waals surface area contributed by atoms with Gasteiger partial charge in [-0.15, -0.1) is 0 Å². The molecule has 1 aromatic heterocycles. The predicted molar refractivity (Wildman–Crippen MR) is 132 cm³/mol. The average molecular weight is 545 g/mol. The number of alkyl carbamates (subject to hydrolysis) is 1. The maximum absolute atomic E-state index is 14.5. The minimum atomic E-state index is -3.75. The zero-order valence-corrected chi connectivity index (χ0v) is 22.5. The van der Waals surface area contributed by atoms with E-state index in [9.17, 15) is 27.5 Å². The summed E-state index contributed by atoms with van der Waals surface area (Å²) in [6, 6.07) is 4.34. The lowest BCUT2D eigenvalue weighted by atomic mass is 10.0. The van der Waals surface area contributed by atoms with Crippen molar-refractivity contribution in [2.75, 3.05) is 20.6 Å². The number of aryl methyl sites for hydroxylation is 1. The number of carbonyl (C=O) groups excluding carboxylic acids is 1. The molecule has 0 bridgehead atoms. The lowest BCUT2D eigenvalue weighted by molar-refractivity contribution is 0.0533. The largest absolute Gasteiger partial charge is 0.477 e. The highest BCUT2D eigenvalue weighted by molar-refractivity contribution is 7.89. The number of carbonyl (C=O) groups is 2. The number of carboxylic acid groups (broad SMARTS) is 1. The molecule has 0 fully saturated rings. The highest BCUT2D eigenvalue weighted by atomic mass is 35.5. The molecule has 0 saturated carbocycles. The van der Waals surface area contributed by atoms with Crippen molar-refractivity contribution in [3.63, 3.8) is 0 Å². The Morgan fingerprint density at radius 2 is 1.94 bits per heavy atom. The van der Waals surface area contributed by atoms with E-state index in [4.69, 9.17) is 16.3 Å². The first kappa shape index (κ1) is 29.3. The van der Waals surface area contributed by atoms with E-state index in [1.807, 2.05) is 0 Å². The first-order chi connectivity index (χ1) is 16.5. The normalized spacial score (nSPS) is 12.6. The summed E-state index contributed by atoms with van der Waals surface area (Å²) in [5, 5.41) is 16.3. The molecule has 0 unspecified atom stereocenters. The Kier molecular flexibility index (Phi) is 9.27. The number of aromatic nitrogens is 2. The molecule has 10 nitrogen and oxygen atoms in total. The third-order valence-electron chi connectivity index (χ3n) is 4.86. The molecule has 0 radical (unpaired) electrons. The number of benzene rings is 1. The smallest absolute Gasteiger partial charge is 0.407 e. The van der Waals surface area contributed by atoms with Crippen LogP contribution in [0.2, 0.25) is 5.02 Å². The first-order valence-electron chi connectivity index (χ1n) is 10.8. The maximum Gasteiger partial charge on any atom is 0.407 e. The number of allylic oxidation sites excluding steroid dienone is 1. The van der Waals surface area contributed by atoms with Gasteiger partial charge in [0.25, 0.3) is 0 Å². The Balaban J connectivity index is 2.24. The van der Waals surface area contributed by atoms with Gasteiger partial charge in [-0.05, 0) is 51.5 Å². The van der Waals surface area contributed by atoms with Gasteiger partial charge >= 0.3 is 12.1 Å². The summed E-state index contributed by atoms with van der Waals surface area (Å²) in [5.41, 5.74) is 0.351. The number of hydrogen-bond donors (Lipinski definition) is 2. The van der Waals surface area contributed by atoms with E-state index in [1.165, 1.54) is 32.3 Å². The summed E-state index contributed by atoms with van der Waals surface area (Å²) >= 11 is 6.21. The third kappa shape index (κ3) is 7.52. The minimum absolute atomic E-state index is 0.00501. The van der Waals surface area contributed by atoms with Gasteiger partial charge in [-0.1, -0.05) is 17.7 Å². The third-order valence-corrected chi connectivity index (χ3v) is 7.16. The molecule has 2 aromatic rings. The Morgan fingerprint density at radius 1 is 1.31 bits per heavy atom. The molecule has 0 aliphatic carbocycles. The summed E-state index contributed by atoms with van der Waals surface area (Å²) < 4.78 is 46.4. The summed E-state index contributed by atoms with van der Waals surface area (Å²) in [7, 11) is -0.977. The van der Waals surface area contributed by atoms with E-state index < -0.39 is 40.1 Å². The van der Waals surface area contributed by atoms with Crippen LogP contribution >= 0.6 is 11.6 Å². The number of nitrogens with one attached hydrogen (secondary N) is 1. The molecule has 198 valence electrons. The van der Waals surface area contributed by atoms with E-state index in [1.54, 1.807) is 27.7 Å². The highest BCUT2D eigenvalue weighted by Gasteiger charge is 2.24. The van der Waals surface area contributed by atoms with E-state index in [2.05, 4.69) is 10.4 Å². The van der Waals surface area contributed by atoms with Crippen molar-refractivity contribution in [3.05, 3.63) is 57.6 Å². The number of sulfonamides is 1. The van der Waals surface area contributed by atoms with Gasteiger partial charge in [0.1, 0.15) is 16.3 Å². The number of aromatic carboxylic acids is 1. The van der Waals surface area contributed by atoms with Crippen molar-refractivity contribution in [1.82, 2.24) is 19.4 Å². The molecular formula is C23H30ClFN4O6S. The van der Waals surface area contributed by atoms with Crippen LogP contribution in [0.25, 0.3) is 0 Å². The van der Waals surface area contributed by atoms with Crippen molar-refractivity contribution in [2.45, 2.75) is 51.2 Å². The number of rotatable bonds is 9. The number of halogens is 2. The summed E-state index contributed by atoms with van der Waals surface area (Å²) in [5.74, 6) is -2.01. The Hall–Kier alpha value is -2.96. The fourth-order valence-electron chi connectivity index (χ4n) is 3.22. The molecule has 1 amide bonds. The molecule has 0 atom stereocenters. The SMILES string of the molecule is Cc1nn(CC(F)=CCNC(=O)OC(C)(C)C)c(C(=O)O)c1Cc1ccc(S(=O)(=O)N(C)C)c(Cl)c1. The lowest BCUT2D eigenvalue weighted by Gasteiger charge is -2.19. The van der Waals surface area contributed by atoms with Crippen LogP contribution in [0.4, 0.5) is 9.18 Å². The molecule has 1 aromatic carbocycles. The maximum atomic E-state index is 14.5. The van der Waals surface area contributed by atoms with Crippen molar-refractivity contribution in [2.24, 2.45) is 0 Å². The molecule has 2 rings (SSSR count). The Labute approximate surface area is 214 Å². The molecule has 2 N–H and O–H groups in total. The number of hydrogen-bond acceptors (Lipinski definition) is 6. The fourth-order valence-corrected chi connectivity index (χ4v) is 4.65. The van der Waals surface area contributed by atoms with Gasteiger partial charge in [0.05, 0.1) is 17.3 Å². The Bertz CT molecular complexity index is 1280. The minimum Gasteiger partial charge on any atom is -0.477 e. The Morgan fingerprint density at radius 3 is 2.47 bits per heavy atom. The summed E-state index contributed by atoms with van der Waals surface area (Å²) in [6.07, 6.45) is 0.467. The van der Waals surface area contributed by atoms with Gasteiger partial charge in [-0.3, -0.25) is 4.68 Å². The second kappa shape index (κ2) is 11.4. The lowest BCUT2D eigenvalue weighted by Crippen LogP contribution is -2.32. The van der Waals surface area contributed by atoms with Crippen molar-refractivity contribution in [3.8, 4) is 0 Å². The molecule has 0 spiro atoms. The average Bonchev–Trinajstić information content (AvgIpc) is 3.01. The standard InChI is InChI=1S/C23H30ClFN4O6S/c1-14-17(11-15-7-8-19(18(24)12-15)36(33,34)28(5)6)20(21(30)31)29(27-14)13-16(25)9-10-26-22(32)35-23(2,3)4/h7-9,12H,10-11,13H2,1-6H3,(H,26,32)(H,30,31). The number of amides is 1. The van der Waals surface area contributed by atoms with Crippen LogP contribution in [0.3, 0.4) is 0 Å². The van der Waals surface area contributed by atoms with Crippen LogP contribution < -0.4 is 5.32 Å². The van der Waals surface area contributed by atoms with Crippen molar-refractivity contribution in [1.29, 1.82) is 0 Å². The summed E-state index contributed by atoms with van der Waals surface area (Å²) in [6.45, 7) is 6.07.